The average molecular weight is 137 g/mol. The number of allylic oxidation sites excluding steroid dienone is 2. The molecule has 0 aliphatic rings. The normalized spacial score (nSPS) is 12.9. The van der Waals surface area contributed by atoms with Gasteiger partial charge in [-0.25, -0.2) is 0 Å². The van der Waals surface area contributed by atoms with Gasteiger partial charge in [-0.05, 0) is 19.4 Å². The first-order valence-corrected chi connectivity index (χ1v) is 3.32. The lowest BCUT2D eigenvalue weighted by molar-refractivity contribution is -0.116. The van der Waals surface area contributed by atoms with Crippen molar-refractivity contribution < 1.29 is 4.79 Å². The highest BCUT2D eigenvalue weighted by molar-refractivity contribution is 5.93. The first-order valence-electron chi connectivity index (χ1n) is 3.32. The van der Waals surface area contributed by atoms with E-state index in [4.69, 9.17) is 5.26 Å². The third-order valence-corrected chi connectivity index (χ3v) is 1.24. The first-order chi connectivity index (χ1) is 4.76. The third kappa shape index (κ3) is 2.45. The molecule has 0 N–H and O–H groups in total. The molecule has 10 heavy (non-hydrogen) atoms. The number of carbonyl (C=O) groups is 1. The standard InChI is InChI=1S/C8H11NO/c1-3-5-8(10)7(4-2)6-9/h3,5,7H,4H2,1-2H3. The number of ketones is 1. The van der Waals surface area contributed by atoms with Gasteiger partial charge >= 0.3 is 0 Å². The molecule has 2 nitrogen and oxygen atoms in total. The van der Waals surface area contributed by atoms with E-state index in [1.165, 1.54) is 6.08 Å². The molecule has 0 aliphatic carbocycles. The van der Waals surface area contributed by atoms with Gasteiger partial charge in [0.1, 0.15) is 5.92 Å². The molecular weight excluding hydrogens is 126 g/mol. The van der Waals surface area contributed by atoms with Crippen molar-refractivity contribution in [2.24, 2.45) is 5.92 Å². The SMILES string of the molecule is CC=CC(=O)C(C#N)CC. The van der Waals surface area contributed by atoms with E-state index in [0.717, 1.165) is 0 Å². The van der Waals surface area contributed by atoms with Crippen molar-refractivity contribution in [3.8, 4) is 6.07 Å². The maximum absolute atomic E-state index is 10.9. The molecule has 0 aromatic heterocycles. The Kier molecular flexibility index (Phi) is 4.23. The molecular formula is C8H11NO. The van der Waals surface area contributed by atoms with Crippen LogP contribution in [0.5, 0.6) is 0 Å². The van der Waals surface area contributed by atoms with E-state index in [1.54, 1.807) is 13.0 Å². The van der Waals surface area contributed by atoms with Crippen molar-refractivity contribution in [3.63, 3.8) is 0 Å². The van der Waals surface area contributed by atoms with Crippen molar-refractivity contribution in [3.05, 3.63) is 12.2 Å². The predicted molar refractivity (Wildman–Crippen MR) is 39.2 cm³/mol. The van der Waals surface area contributed by atoms with Crippen molar-refractivity contribution in [1.29, 1.82) is 5.26 Å². The zero-order valence-corrected chi connectivity index (χ0v) is 6.29. The van der Waals surface area contributed by atoms with Crippen LogP contribution in [0.15, 0.2) is 12.2 Å². The molecule has 0 saturated heterocycles. The fourth-order valence-corrected chi connectivity index (χ4v) is 0.637. The van der Waals surface area contributed by atoms with E-state index in [1.807, 2.05) is 13.0 Å². The summed E-state index contributed by atoms with van der Waals surface area (Å²) >= 11 is 0. The Morgan fingerprint density at radius 3 is 2.70 bits per heavy atom. The lowest BCUT2D eigenvalue weighted by Gasteiger charge is -1.97. The molecule has 54 valence electrons. The largest absolute Gasteiger partial charge is 0.293 e. The van der Waals surface area contributed by atoms with E-state index in [9.17, 15) is 4.79 Å². The quantitative estimate of drug-likeness (QED) is 0.555. The fraction of sp³-hybridized carbons (Fsp3) is 0.500. The molecule has 0 heterocycles. The summed E-state index contributed by atoms with van der Waals surface area (Å²) < 4.78 is 0. The highest BCUT2D eigenvalue weighted by Crippen LogP contribution is 2.02. The smallest absolute Gasteiger partial charge is 0.172 e. The van der Waals surface area contributed by atoms with Gasteiger partial charge < -0.3 is 0 Å². The molecule has 1 unspecified atom stereocenters. The number of rotatable bonds is 3. The van der Waals surface area contributed by atoms with Crippen LogP contribution < -0.4 is 0 Å². The minimum absolute atomic E-state index is 0.0903. The summed E-state index contributed by atoms with van der Waals surface area (Å²) in [6, 6.07) is 1.94. The second-order valence-electron chi connectivity index (χ2n) is 1.99. The van der Waals surface area contributed by atoms with Gasteiger partial charge in [-0.1, -0.05) is 13.0 Å². The van der Waals surface area contributed by atoms with Gasteiger partial charge in [0.25, 0.3) is 0 Å². The summed E-state index contributed by atoms with van der Waals surface area (Å²) in [5.74, 6) is -0.538. The Morgan fingerprint density at radius 2 is 2.40 bits per heavy atom. The molecule has 0 aromatic rings. The Labute approximate surface area is 61.2 Å². The summed E-state index contributed by atoms with van der Waals surface area (Å²) in [4.78, 5) is 10.9. The third-order valence-electron chi connectivity index (χ3n) is 1.24. The molecule has 0 radical (unpaired) electrons. The Hall–Kier alpha value is -1.10. The van der Waals surface area contributed by atoms with Crippen LogP contribution in [0.2, 0.25) is 0 Å². The maximum atomic E-state index is 10.9. The van der Waals surface area contributed by atoms with Crippen LogP contribution in [0.3, 0.4) is 0 Å². The van der Waals surface area contributed by atoms with Crippen molar-refractivity contribution in [1.82, 2.24) is 0 Å². The summed E-state index contributed by atoms with van der Waals surface area (Å²) in [5, 5.41) is 8.42. The Morgan fingerprint density at radius 1 is 1.80 bits per heavy atom. The van der Waals surface area contributed by atoms with E-state index >= 15 is 0 Å². The van der Waals surface area contributed by atoms with Gasteiger partial charge in [0, 0.05) is 0 Å². The molecule has 0 aromatic carbocycles. The summed E-state index contributed by atoms with van der Waals surface area (Å²) in [7, 11) is 0. The van der Waals surface area contributed by atoms with E-state index in [2.05, 4.69) is 0 Å². The number of carbonyl (C=O) groups excluding carboxylic acids is 1. The van der Waals surface area contributed by atoms with E-state index in [0.29, 0.717) is 6.42 Å². The van der Waals surface area contributed by atoms with Crippen molar-refractivity contribution in [2.45, 2.75) is 20.3 Å². The fourth-order valence-electron chi connectivity index (χ4n) is 0.637. The zero-order valence-electron chi connectivity index (χ0n) is 6.29. The van der Waals surface area contributed by atoms with Gasteiger partial charge in [-0.3, -0.25) is 4.79 Å². The monoisotopic (exact) mass is 137 g/mol. The van der Waals surface area contributed by atoms with Crippen molar-refractivity contribution in [2.75, 3.05) is 0 Å². The highest BCUT2D eigenvalue weighted by Gasteiger charge is 2.10. The second kappa shape index (κ2) is 4.75. The van der Waals surface area contributed by atoms with Gasteiger partial charge in [0.2, 0.25) is 0 Å². The van der Waals surface area contributed by atoms with Crippen LogP contribution in [0.4, 0.5) is 0 Å². The number of nitriles is 1. The Balaban J connectivity index is 4.06. The second-order valence-corrected chi connectivity index (χ2v) is 1.99. The Bertz CT molecular complexity index is 176. The predicted octanol–water partition coefficient (Wildman–Crippen LogP) is 1.68. The van der Waals surface area contributed by atoms with Crippen LogP contribution in [-0.4, -0.2) is 5.78 Å². The van der Waals surface area contributed by atoms with E-state index < -0.39 is 5.92 Å². The maximum Gasteiger partial charge on any atom is 0.172 e. The number of nitrogens with zero attached hydrogens (tertiary/aromatic N) is 1. The van der Waals surface area contributed by atoms with Crippen molar-refractivity contribution >= 4 is 5.78 Å². The van der Waals surface area contributed by atoms with Crippen LogP contribution in [0.1, 0.15) is 20.3 Å². The lowest BCUT2D eigenvalue weighted by Crippen LogP contribution is -2.07. The number of hydrogen-bond acceptors (Lipinski definition) is 2. The topological polar surface area (TPSA) is 40.9 Å². The minimum Gasteiger partial charge on any atom is -0.293 e. The summed E-state index contributed by atoms with van der Waals surface area (Å²) in [5.41, 5.74) is 0. The summed E-state index contributed by atoms with van der Waals surface area (Å²) in [6.45, 7) is 3.59. The van der Waals surface area contributed by atoms with Crippen LogP contribution in [0.25, 0.3) is 0 Å². The van der Waals surface area contributed by atoms with Crippen LogP contribution >= 0.6 is 0 Å². The zero-order chi connectivity index (χ0) is 7.98. The minimum atomic E-state index is -0.448. The summed E-state index contributed by atoms with van der Waals surface area (Å²) in [6.07, 6.45) is 3.69. The lowest BCUT2D eigenvalue weighted by atomic mass is 10.0. The van der Waals surface area contributed by atoms with Gasteiger partial charge in [0.15, 0.2) is 5.78 Å². The molecule has 2 heteroatoms. The molecule has 0 rings (SSSR count). The average Bonchev–Trinajstić information content (AvgIpc) is 1.91. The van der Waals surface area contributed by atoms with Gasteiger partial charge in [-0.15, -0.1) is 0 Å². The molecule has 0 aliphatic heterocycles. The van der Waals surface area contributed by atoms with E-state index in [-0.39, 0.29) is 5.78 Å². The molecule has 0 spiro atoms. The van der Waals surface area contributed by atoms with Gasteiger partial charge in [-0.2, -0.15) is 5.26 Å². The van der Waals surface area contributed by atoms with Crippen LogP contribution in [0, 0.1) is 17.2 Å². The molecule has 0 amide bonds. The molecule has 0 bridgehead atoms. The van der Waals surface area contributed by atoms with Crippen LogP contribution in [-0.2, 0) is 4.79 Å². The molecule has 0 fully saturated rings. The highest BCUT2D eigenvalue weighted by atomic mass is 16.1. The number of hydrogen-bond donors (Lipinski definition) is 0. The van der Waals surface area contributed by atoms with Gasteiger partial charge in [0.05, 0.1) is 6.07 Å². The molecule has 1 atom stereocenters. The first kappa shape index (κ1) is 8.90. The molecule has 0 saturated carbocycles.